The predicted molar refractivity (Wildman–Crippen MR) is 159 cm³/mol. The van der Waals surface area contributed by atoms with Gasteiger partial charge in [-0.25, -0.2) is 22.5 Å². The third kappa shape index (κ3) is 5.93. The zero-order valence-electron chi connectivity index (χ0n) is 23.4. The summed E-state index contributed by atoms with van der Waals surface area (Å²) in [5, 5.41) is 12.2. The van der Waals surface area contributed by atoms with E-state index in [2.05, 4.69) is 10.3 Å². The molecule has 0 spiro atoms. The molecule has 1 saturated carbocycles. The third-order valence-electron chi connectivity index (χ3n) is 7.89. The Morgan fingerprint density at radius 1 is 1.02 bits per heavy atom. The summed E-state index contributed by atoms with van der Waals surface area (Å²) in [5.41, 5.74) is 1.48. The highest BCUT2D eigenvalue weighted by atomic mass is 35.5. The first kappa shape index (κ1) is 30.1. The Bertz CT molecular complexity index is 1820. The van der Waals surface area contributed by atoms with Gasteiger partial charge in [-0.15, -0.1) is 0 Å². The Balaban J connectivity index is 1.50. The van der Waals surface area contributed by atoms with Crippen molar-refractivity contribution < 1.29 is 27.2 Å². The van der Waals surface area contributed by atoms with Crippen LogP contribution in [0.1, 0.15) is 35.6 Å². The molecule has 0 bridgehead atoms. The molecule has 4 aromatic rings. The summed E-state index contributed by atoms with van der Waals surface area (Å²) < 4.78 is 56.9. The van der Waals surface area contributed by atoms with E-state index in [1.807, 2.05) is 12.1 Å². The van der Waals surface area contributed by atoms with Gasteiger partial charge in [-0.2, -0.15) is 5.26 Å². The van der Waals surface area contributed by atoms with Crippen molar-refractivity contribution in [2.45, 2.75) is 43.3 Å². The fourth-order valence-electron chi connectivity index (χ4n) is 5.87. The van der Waals surface area contributed by atoms with Gasteiger partial charge in [0.2, 0.25) is 5.91 Å². The topological polar surface area (TPSA) is 89.3 Å². The molecule has 12 heteroatoms. The summed E-state index contributed by atoms with van der Waals surface area (Å²) in [4.78, 5) is 35.9. The normalized spacial score (nSPS) is 17.5. The van der Waals surface area contributed by atoms with Gasteiger partial charge in [0, 0.05) is 53.8 Å². The van der Waals surface area contributed by atoms with Gasteiger partial charge in [0.1, 0.15) is 29.5 Å². The molecule has 1 aromatic heterocycles. The van der Waals surface area contributed by atoms with E-state index in [1.165, 1.54) is 30.5 Å². The van der Waals surface area contributed by atoms with Crippen LogP contribution in [-0.2, 0) is 16.0 Å². The molecule has 2 amide bonds. The van der Waals surface area contributed by atoms with Crippen molar-refractivity contribution >= 4 is 40.6 Å². The minimum absolute atomic E-state index is 0.0706. The summed E-state index contributed by atoms with van der Waals surface area (Å²) in [7, 11) is 0. The molecule has 3 aromatic carbocycles. The molecule has 2 heterocycles. The number of nitriles is 1. The van der Waals surface area contributed by atoms with Gasteiger partial charge in [-0.1, -0.05) is 48.0 Å². The second-order valence-corrected chi connectivity index (χ2v) is 11.4. The summed E-state index contributed by atoms with van der Waals surface area (Å²) >= 11 is 6.55. The molecule has 7 nitrogen and oxygen atoms in total. The molecule has 1 N–H and O–H groups in total. The maximum absolute atomic E-state index is 14.9. The maximum atomic E-state index is 14.9. The van der Waals surface area contributed by atoms with E-state index in [0.29, 0.717) is 11.8 Å². The summed E-state index contributed by atoms with van der Waals surface area (Å²) in [6.07, 6.45) is 0.351. The van der Waals surface area contributed by atoms with Gasteiger partial charge < -0.3 is 10.2 Å². The second kappa shape index (κ2) is 11.9. The smallest absolute Gasteiger partial charge is 0.252 e. The molecule has 0 radical (unpaired) electrons. The lowest BCUT2D eigenvalue weighted by Gasteiger charge is -2.39. The molecule has 1 aliphatic heterocycles. The van der Waals surface area contributed by atoms with Gasteiger partial charge in [0.15, 0.2) is 0 Å². The van der Waals surface area contributed by atoms with Crippen molar-refractivity contribution in [3.05, 3.63) is 118 Å². The summed E-state index contributed by atoms with van der Waals surface area (Å²) in [5.74, 6) is -6.30. The molecule has 2 atom stereocenters. The zero-order chi connectivity index (χ0) is 31.9. The number of fused-ring (bicyclic) bond motifs is 1. The van der Waals surface area contributed by atoms with Crippen LogP contribution in [0.3, 0.4) is 0 Å². The number of hydrogen-bond acceptors (Lipinski definition) is 5. The number of anilines is 3. The molecule has 2 aliphatic rings. The van der Waals surface area contributed by atoms with Gasteiger partial charge >= 0.3 is 0 Å². The fourth-order valence-corrected chi connectivity index (χ4v) is 6.11. The van der Waals surface area contributed by atoms with Gasteiger partial charge in [-0.3, -0.25) is 14.5 Å². The number of amides is 2. The summed E-state index contributed by atoms with van der Waals surface area (Å²) in [6, 6.07) is 17.2. The first-order chi connectivity index (χ1) is 21.5. The Morgan fingerprint density at radius 2 is 1.71 bits per heavy atom. The molecule has 1 fully saturated rings. The minimum atomic E-state index is -2.94. The summed E-state index contributed by atoms with van der Waals surface area (Å²) in [6.45, 7) is 0. The molecule has 1 aliphatic carbocycles. The van der Waals surface area contributed by atoms with Crippen molar-refractivity contribution in [1.82, 2.24) is 10.3 Å². The van der Waals surface area contributed by atoms with Crippen LogP contribution in [-0.4, -0.2) is 34.8 Å². The quantitative estimate of drug-likeness (QED) is 0.231. The number of halogens is 5. The molecule has 2 unspecified atom stereocenters. The lowest BCUT2D eigenvalue weighted by Crippen LogP contribution is -2.56. The molecule has 45 heavy (non-hydrogen) atoms. The van der Waals surface area contributed by atoms with Crippen LogP contribution in [0.2, 0.25) is 5.02 Å². The molecular weight excluding hydrogens is 610 g/mol. The molecule has 228 valence electrons. The van der Waals surface area contributed by atoms with Gasteiger partial charge in [-0.05, 0) is 42.0 Å². The number of hydrogen-bond donors (Lipinski definition) is 1. The third-order valence-corrected chi connectivity index (χ3v) is 8.23. The first-order valence-corrected chi connectivity index (χ1v) is 14.4. The molecule has 0 saturated heterocycles. The first-order valence-electron chi connectivity index (χ1n) is 14.0. The average molecular weight is 634 g/mol. The Hall–Kier alpha value is -4.95. The highest BCUT2D eigenvalue weighted by Gasteiger charge is 2.48. The SMILES string of the molecule is N#Cc1ccnc(N2c3ccccc3CC2C(=O)N(c2cc(F)cc(F)c2)C(C(=O)NC2CC(F)(F)C2)c2ccccc2Cl)c1. The lowest BCUT2D eigenvalue weighted by molar-refractivity contribution is -0.133. The largest absolute Gasteiger partial charge is 0.351 e. The highest BCUT2D eigenvalue weighted by Crippen LogP contribution is 2.42. The van der Waals surface area contributed by atoms with Crippen LogP contribution >= 0.6 is 11.6 Å². The molecular formula is C33H24ClF4N5O2. The number of nitrogens with one attached hydrogen (secondary N) is 1. The number of pyridine rings is 1. The van der Waals surface area contributed by atoms with Crippen molar-refractivity contribution in [3.63, 3.8) is 0 Å². The lowest BCUT2D eigenvalue weighted by atomic mass is 9.87. The standard InChI is InChI=1S/C33H24ClF4N5O2/c34-26-7-3-2-6-25(26)30(31(44)41-23-16-33(37,38)17-23)42(24-14-21(35)13-22(36)15-24)32(45)28-12-20-5-1-4-8-27(20)43(28)29-11-19(18-39)9-10-40-29/h1-11,13-15,23,28,30H,12,16-17H2,(H,41,44). The number of carbonyl (C=O) groups excluding carboxylic acids is 2. The van der Waals surface area contributed by atoms with E-state index in [4.69, 9.17) is 11.6 Å². The number of aromatic nitrogens is 1. The number of benzene rings is 3. The van der Waals surface area contributed by atoms with Crippen molar-refractivity contribution in [2.24, 2.45) is 0 Å². The highest BCUT2D eigenvalue weighted by molar-refractivity contribution is 6.31. The van der Waals surface area contributed by atoms with Gasteiger partial charge in [0.25, 0.3) is 11.8 Å². The number of carbonyl (C=O) groups is 2. The number of alkyl halides is 2. The van der Waals surface area contributed by atoms with E-state index in [0.717, 1.165) is 22.6 Å². The van der Waals surface area contributed by atoms with Crippen LogP contribution in [0.15, 0.2) is 85.1 Å². The number of rotatable bonds is 7. The van der Waals surface area contributed by atoms with Crippen molar-refractivity contribution in [3.8, 4) is 6.07 Å². The number of para-hydroxylation sites is 1. The second-order valence-electron chi connectivity index (χ2n) is 11.0. The Labute approximate surface area is 260 Å². The van der Waals surface area contributed by atoms with Crippen molar-refractivity contribution in [2.75, 3.05) is 9.80 Å². The fraction of sp³-hybridized carbons (Fsp3) is 0.212. The average Bonchev–Trinajstić information content (AvgIpc) is 3.38. The van der Waals surface area contributed by atoms with Crippen molar-refractivity contribution in [1.29, 1.82) is 5.26 Å². The number of nitrogens with zero attached hydrogens (tertiary/aromatic N) is 4. The van der Waals surface area contributed by atoms with Crippen LogP contribution < -0.4 is 15.1 Å². The van der Waals surface area contributed by atoms with E-state index in [-0.39, 0.29) is 34.1 Å². The van der Waals surface area contributed by atoms with Crippen LogP contribution in [0.25, 0.3) is 0 Å². The van der Waals surface area contributed by atoms with Crippen LogP contribution in [0.4, 0.5) is 34.8 Å². The Morgan fingerprint density at radius 3 is 2.40 bits per heavy atom. The van der Waals surface area contributed by atoms with Crippen LogP contribution in [0.5, 0.6) is 0 Å². The Kier molecular flexibility index (Phi) is 7.93. The van der Waals surface area contributed by atoms with E-state index in [1.54, 1.807) is 35.2 Å². The van der Waals surface area contributed by atoms with E-state index in [9.17, 15) is 32.4 Å². The predicted octanol–water partition coefficient (Wildman–Crippen LogP) is 6.64. The van der Waals surface area contributed by atoms with Gasteiger partial charge in [0.05, 0.1) is 17.3 Å². The zero-order valence-corrected chi connectivity index (χ0v) is 24.2. The molecule has 6 rings (SSSR count). The van der Waals surface area contributed by atoms with E-state index < -0.39 is 60.3 Å². The monoisotopic (exact) mass is 633 g/mol. The minimum Gasteiger partial charge on any atom is -0.351 e. The van der Waals surface area contributed by atoms with E-state index >= 15 is 0 Å². The van der Waals surface area contributed by atoms with Crippen LogP contribution in [0, 0.1) is 23.0 Å². The maximum Gasteiger partial charge on any atom is 0.252 e.